The summed E-state index contributed by atoms with van der Waals surface area (Å²) in [5.74, 6) is -0.417. The molecule has 5 nitrogen and oxygen atoms in total. The molecule has 35 heavy (non-hydrogen) atoms. The number of hydrogen-bond acceptors (Lipinski definition) is 3. The van der Waals surface area contributed by atoms with E-state index in [0.717, 1.165) is 24.1 Å². The lowest BCUT2D eigenvalue weighted by molar-refractivity contribution is -0.274. The van der Waals surface area contributed by atoms with Gasteiger partial charge in [-0.3, -0.25) is 9.59 Å². The SMILES string of the molecule is CC(C)(C)C1CCC1C(=O)NC1CCc2ccccc2N(Cc2ccc(OC(F)(F)F)cc2)C1=O. The number of hydrogen-bond donors (Lipinski definition) is 1. The summed E-state index contributed by atoms with van der Waals surface area (Å²) in [7, 11) is 0. The Morgan fingerprint density at radius 2 is 1.71 bits per heavy atom. The first-order chi connectivity index (χ1) is 16.4. The van der Waals surface area contributed by atoms with Crippen LogP contribution < -0.4 is 15.0 Å². The zero-order valence-electron chi connectivity index (χ0n) is 20.2. The van der Waals surface area contributed by atoms with Gasteiger partial charge in [0.1, 0.15) is 11.8 Å². The zero-order chi connectivity index (χ0) is 25.4. The van der Waals surface area contributed by atoms with Crippen molar-refractivity contribution >= 4 is 17.5 Å². The zero-order valence-corrected chi connectivity index (χ0v) is 20.2. The first-order valence-corrected chi connectivity index (χ1v) is 12.0. The van der Waals surface area contributed by atoms with Gasteiger partial charge in [-0.1, -0.05) is 51.1 Å². The molecule has 0 bridgehead atoms. The minimum Gasteiger partial charge on any atom is -0.406 e. The Balaban J connectivity index is 1.53. The van der Waals surface area contributed by atoms with Gasteiger partial charge in [-0.2, -0.15) is 0 Å². The lowest BCUT2D eigenvalue weighted by atomic mass is 9.61. The number of aryl methyl sites for hydroxylation is 1. The summed E-state index contributed by atoms with van der Waals surface area (Å²) in [4.78, 5) is 28.4. The number of fused-ring (bicyclic) bond motifs is 1. The third kappa shape index (κ3) is 5.80. The van der Waals surface area contributed by atoms with E-state index in [1.165, 1.54) is 24.3 Å². The number of halogens is 3. The minimum atomic E-state index is -4.76. The number of para-hydroxylation sites is 1. The van der Waals surface area contributed by atoms with Crippen molar-refractivity contribution in [3.05, 3.63) is 59.7 Å². The molecule has 1 saturated carbocycles. The number of anilines is 1. The number of alkyl halides is 3. The first-order valence-electron chi connectivity index (χ1n) is 12.0. The van der Waals surface area contributed by atoms with Gasteiger partial charge in [0.25, 0.3) is 0 Å². The van der Waals surface area contributed by atoms with Crippen LogP contribution in [0.3, 0.4) is 0 Å². The van der Waals surface area contributed by atoms with Crippen LogP contribution in [-0.4, -0.2) is 24.2 Å². The molecule has 2 aliphatic rings. The van der Waals surface area contributed by atoms with E-state index in [4.69, 9.17) is 0 Å². The molecule has 0 spiro atoms. The standard InChI is InChI=1S/C27H31F3N2O3/c1-26(2,3)21-14-13-20(21)24(33)31-22-15-10-18-6-4-5-7-23(18)32(25(22)34)16-17-8-11-19(12-9-17)35-27(28,29)30/h4-9,11-12,20-22H,10,13-16H2,1-3H3,(H,31,33). The topological polar surface area (TPSA) is 58.6 Å². The molecule has 1 aliphatic heterocycles. The molecule has 0 saturated heterocycles. The van der Waals surface area contributed by atoms with E-state index in [0.29, 0.717) is 18.4 Å². The fourth-order valence-electron chi connectivity index (χ4n) is 5.12. The van der Waals surface area contributed by atoms with E-state index in [9.17, 15) is 22.8 Å². The largest absolute Gasteiger partial charge is 0.573 e. The highest BCUT2D eigenvalue weighted by atomic mass is 19.4. The molecule has 3 atom stereocenters. The highest BCUT2D eigenvalue weighted by Crippen LogP contribution is 2.46. The van der Waals surface area contributed by atoms with Crippen LogP contribution in [0.4, 0.5) is 18.9 Å². The second kappa shape index (κ2) is 9.55. The Bertz CT molecular complexity index is 1080. The number of amides is 2. The quantitative estimate of drug-likeness (QED) is 0.594. The third-order valence-electron chi connectivity index (χ3n) is 7.09. The summed E-state index contributed by atoms with van der Waals surface area (Å²) in [5.41, 5.74) is 2.42. The molecule has 1 heterocycles. The monoisotopic (exact) mass is 488 g/mol. The Labute approximate surface area is 203 Å². The van der Waals surface area contributed by atoms with Gasteiger partial charge in [0.05, 0.1) is 6.54 Å². The maximum atomic E-state index is 13.6. The molecule has 0 radical (unpaired) electrons. The molecule has 188 valence electrons. The predicted octanol–water partition coefficient (Wildman–Crippen LogP) is 5.62. The van der Waals surface area contributed by atoms with E-state index < -0.39 is 12.4 Å². The maximum absolute atomic E-state index is 13.6. The second-order valence-electron chi connectivity index (χ2n) is 10.5. The number of carbonyl (C=O) groups excluding carboxylic acids is 2. The predicted molar refractivity (Wildman–Crippen MR) is 127 cm³/mol. The summed E-state index contributed by atoms with van der Waals surface area (Å²) in [5, 5.41) is 3.02. The van der Waals surface area contributed by atoms with Crippen LogP contribution >= 0.6 is 0 Å². The molecule has 2 aromatic rings. The summed E-state index contributed by atoms with van der Waals surface area (Å²) in [6.45, 7) is 6.58. The van der Waals surface area contributed by atoms with Crippen molar-refractivity contribution in [1.82, 2.24) is 5.32 Å². The van der Waals surface area contributed by atoms with Crippen LogP contribution in [0.2, 0.25) is 0 Å². The number of ether oxygens (including phenoxy) is 1. The molecule has 2 aromatic carbocycles. The van der Waals surface area contributed by atoms with Crippen LogP contribution in [0.1, 0.15) is 51.2 Å². The Kier molecular flexibility index (Phi) is 6.84. The average Bonchev–Trinajstić information content (AvgIpc) is 2.84. The Morgan fingerprint density at radius 1 is 1.03 bits per heavy atom. The molecule has 3 unspecified atom stereocenters. The van der Waals surface area contributed by atoms with E-state index in [2.05, 4.69) is 30.8 Å². The summed E-state index contributed by atoms with van der Waals surface area (Å²) < 4.78 is 41.4. The normalized spacial score (nSPS) is 22.6. The lowest BCUT2D eigenvalue weighted by Gasteiger charge is -2.44. The van der Waals surface area contributed by atoms with Crippen LogP contribution in [0.15, 0.2) is 48.5 Å². The average molecular weight is 489 g/mol. The lowest BCUT2D eigenvalue weighted by Crippen LogP contribution is -2.53. The van der Waals surface area contributed by atoms with Gasteiger partial charge in [-0.05, 0) is 66.3 Å². The van der Waals surface area contributed by atoms with Crippen LogP contribution in [0.25, 0.3) is 0 Å². The molecule has 4 rings (SSSR count). The molecule has 8 heteroatoms. The van der Waals surface area contributed by atoms with Crippen molar-refractivity contribution in [1.29, 1.82) is 0 Å². The van der Waals surface area contributed by atoms with Gasteiger partial charge < -0.3 is 15.0 Å². The number of rotatable bonds is 5. The highest BCUT2D eigenvalue weighted by molar-refractivity contribution is 6.00. The molecule has 1 fully saturated rings. The molecule has 2 amide bonds. The smallest absolute Gasteiger partial charge is 0.406 e. The minimum absolute atomic E-state index is 0.0258. The van der Waals surface area contributed by atoms with Crippen LogP contribution in [0, 0.1) is 17.3 Å². The van der Waals surface area contributed by atoms with Gasteiger partial charge in [-0.15, -0.1) is 13.2 Å². The van der Waals surface area contributed by atoms with Gasteiger partial charge in [-0.25, -0.2) is 0 Å². The van der Waals surface area contributed by atoms with Gasteiger partial charge in [0, 0.05) is 11.6 Å². The highest BCUT2D eigenvalue weighted by Gasteiger charge is 2.44. The van der Waals surface area contributed by atoms with Crippen molar-refractivity contribution in [3.8, 4) is 5.75 Å². The number of benzene rings is 2. The molecular weight excluding hydrogens is 457 g/mol. The van der Waals surface area contributed by atoms with Crippen molar-refractivity contribution in [2.24, 2.45) is 17.3 Å². The number of nitrogens with zero attached hydrogens (tertiary/aromatic N) is 1. The molecule has 1 N–H and O–H groups in total. The van der Waals surface area contributed by atoms with Crippen molar-refractivity contribution in [2.75, 3.05) is 4.90 Å². The van der Waals surface area contributed by atoms with Crippen LogP contribution in [0.5, 0.6) is 5.75 Å². The van der Waals surface area contributed by atoms with E-state index in [-0.39, 0.29) is 41.4 Å². The van der Waals surface area contributed by atoms with Gasteiger partial charge in [0.2, 0.25) is 11.8 Å². The summed E-state index contributed by atoms with van der Waals surface area (Å²) >= 11 is 0. The van der Waals surface area contributed by atoms with E-state index in [1.54, 1.807) is 4.90 Å². The third-order valence-corrected chi connectivity index (χ3v) is 7.09. The Hall–Kier alpha value is -3.03. The molecular formula is C27H31F3N2O3. The summed E-state index contributed by atoms with van der Waals surface area (Å²) in [6.07, 6.45) is -1.81. The number of nitrogens with one attached hydrogen (secondary N) is 1. The maximum Gasteiger partial charge on any atom is 0.573 e. The second-order valence-corrected chi connectivity index (χ2v) is 10.5. The van der Waals surface area contributed by atoms with Crippen molar-refractivity contribution in [3.63, 3.8) is 0 Å². The van der Waals surface area contributed by atoms with Crippen LogP contribution in [-0.2, 0) is 22.6 Å². The Morgan fingerprint density at radius 3 is 2.31 bits per heavy atom. The molecule has 0 aromatic heterocycles. The van der Waals surface area contributed by atoms with Gasteiger partial charge >= 0.3 is 6.36 Å². The van der Waals surface area contributed by atoms with Gasteiger partial charge in [0.15, 0.2) is 0 Å². The number of carbonyl (C=O) groups is 2. The first kappa shape index (κ1) is 25.1. The van der Waals surface area contributed by atoms with E-state index in [1.807, 2.05) is 24.3 Å². The molecule has 1 aliphatic carbocycles. The van der Waals surface area contributed by atoms with E-state index >= 15 is 0 Å². The van der Waals surface area contributed by atoms with Crippen molar-refractivity contribution < 1.29 is 27.5 Å². The summed E-state index contributed by atoms with van der Waals surface area (Å²) in [6, 6.07) is 12.4. The fraction of sp³-hybridized carbons (Fsp3) is 0.481. The fourth-order valence-corrected chi connectivity index (χ4v) is 5.12. The van der Waals surface area contributed by atoms with Crippen molar-refractivity contribution in [2.45, 2.75) is 65.4 Å².